The molecule has 4 saturated carbocycles. The van der Waals surface area contributed by atoms with Crippen LogP contribution in [0.4, 0.5) is 0 Å². The number of quaternary nitrogens is 1. The van der Waals surface area contributed by atoms with E-state index >= 15 is 0 Å². The fourth-order valence-corrected chi connectivity index (χ4v) is 6.40. The van der Waals surface area contributed by atoms with Crippen LogP contribution in [0.1, 0.15) is 59.3 Å². The second kappa shape index (κ2) is 4.09. The zero-order valence-electron chi connectivity index (χ0n) is 12.9. The Morgan fingerprint density at radius 3 is 1.83 bits per heavy atom. The number of hydrogen-bond donors (Lipinski definition) is 0. The van der Waals surface area contributed by atoms with Gasteiger partial charge in [0.1, 0.15) is 5.54 Å². The largest absolute Gasteiger partial charge is 1.00 e. The quantitative estimate of drug-likeness (QED) is 0.504. The average Bonchev–Trinajstić information content (AvgIpc) is 2.11. The molecule has 1 nitrogen and oxygen atoms in total. The average molecular weight is 363 g/mol. The Labute approximate surface area is 130 Å². The molecule has 4 rings (SSSR count). The van der Waals surface area contributed by atoms with Gasteiger partial charge in [-0.15, -0.1) is 0 Å². The normalized spacial score (nSPS) is 50.2. The van der Waals surface area contributed by atoms with Crippen LogP contribution >= 0.6 is 0 Å². The summed E-state index contributed by atoms with van der Waals surface area (Å²) in [5, 5.41) is 0. The third-order valence-electron chi connectivity index (χ3n) is 6.67. The van der Waals surface area contributed by atoms with Crippen LogP contribution in [0, 0.1) is 16.7 Å². The summed E-state index contributed by atoms with van der Waals surface area (Å²) in [4.78, 5) is 0. The Balaban J connectivity index is 0.00000120. The molecule has 0 heterocycles. The minimum Gasteiger partial charge on any atom is -1.00 e. The molecular weight excluding hydrogens is 333 g/mol. The molecule has 2 atom stereocenters. The van der Waals surface area contributed by atoms with E-state index in [1.165, 1.54) is 49.6 Å². The van der Waals surface area contributed by atoms with Crippen molar-refractivity contribution in [3.8, 4) is 0 Å². The summed E-state index contributed by atoms with van der Waals surface area (Å²) in [7, 11) is 4.97. The van der Waals surface area contributed by atoms with Crippen molar-refractivity contribution in [2.75, 3.05) is 20.6 Å². The van der Waals surface area contributed by atoms with Crippen molar-refractivity contribution in [1.29, 1.82) is 0 Å². The molecule has 0 radical (unpaired) electrons. The summed E-state index contributed by atoms with van der Waals surface area (Å²) in [6.07, 6.45) is 9.04. The van der Waals surface area contributed by atoms with Crippen LogP contribution in [0.15, 0.2) is 0 Å². The van der Waals surface area contributed by atoms with Gasteiger partial charge in [-0.1, -0.05) is 13.8 Å². The predicted octanol–water partition coefficient (Wildman–Crippen LogP) is 0.836. The summed E-state index contributed by atoms with van der Waals surface area (Å²) in [5.74, 6) is 1.03. The highest BCUT2D eigenvalue weighted by Crippen LogP contribution is 2.68. The Bertz CT molecular complexity index is 331. The molecule has 0 aliphatic heterocycles. The lowest BCUT2D eigenvalue weighted by Gasteiger charge is -2.68. The molecule has 0 spiro atoms. The Hall–Kier alpha value is 0.690. The molecule has 4 aliphatic rings. The van der Waals surface area contributed by atoms with Gasteiger partial charge in [-0.3, -0.25) is 0 Å². The SMILES string of the molecule is CC[N+](C)(C)C12CC3CC(C)(CC(C)(C3)C1)C2.[I-]. The smallest absolute Gasteiger partial charge is 0.100 e. The topological polar surface area (TPSA) is 0 Å². The van der Waals surface area contributed by atoms with E-state index in [-0.39, 0.29) is 24.0 Å². The molecular formula is C16H30IN. The summed E-state index contributed by atoms with van der Waals surface area (Å²) in [6, 6.07) is 0. The molecule has 18 heavy (non-hydrogen) atoms. The van der Waals surface area contributed by atoms with Crippen molar-refractivity contribution in [3.05, 3.63) is 0 Å². The molecule has 0 N–H and O–H groups in total. The van der Waals surface area contributed by atoms with Crippen LogP contribution in [0.5, 0.6) is 0 Å². The van der Waals surface area contributed by atoms with Gasteiger partial charge in [-0.2, -0.15) is 0 Å². The van der Waals surface area contributed by atoms with E-state index < -0.39 is 0 Å². The summed E-state index contributed by atoms with van der Waals surface area (Å²) < 4.78 is 1.26. The standard InChI is InChI=1S/C16H30N.HI/c1-6-17(4,5)16-9-13-7-14(2,11-16)10-15(3,8-13)12-16;/h13H,6-12H2,1-5H3;1H/q+1;/p-1. The molecule has 0 saturated heterocycles. The third kappa shape index (κ3) is 1.97. The van der Waals surface area contributed by atoms with E-state index in [1.54, 1.807) is 0 Å². The van der Waals surface area contributed by atoms with Crippen molar-refractivity contribution in [3.63, 3.8) is 0 Å². The number of nitrogens with zero attached hydrogens (tertiary/aromatic N) is 1. The molecule has 0 aromatic carbocycles. The van der Waals surface area contributed by atoms with Gasteiger partial charge in [-0.05, 0) is 42.9 Å². The van der Waals surface area contributed by atoms with E-state index in [4.69, 9.17) is 0 Å². The molecule has 106 valence electrons. The number of hydrogen-bond acceptors (Lipinski definition) is 0. The second-order valence-corrected chi connectivity index (χ2v) is 8.86. The van der Waals surface area contributed by atoms with Gasteiger partial charge in [0.2, 0.25) is 0 Å². The highest BCUT2D eigenvalue weighted by atomic mass is 127. The monoisotopic (exact) mass is 363 g/mol. The first-order chi connectivity index (χ1) is 7.72. The van der Waals surface area contributed by atoms with E-state index in [0.717, 1.165) is 5.92 Å². The van der Waals surface area contributed by atoms with Crippen molar-refractivity contribution in [2.24, 2.45) is 16.7 Å². The number of rotatable bonds is 2. The Kier molecular flexibility index (Phi) is 3.43. The van der Waals surface area contributed by atoms with Crippen molar-refractivity contribution < 1.29 is 28.5 Å². The van der Waals surface area contributed by atoms with Crippen LogP contribution in [-0.4, -0.2) is 30.7 Å². The first-order valence-corrected chi connectivity index (χ1v) is 7.55. The zero-order valence-corrected chi connectivity index (χ0v) is 15.0. The third-order valence-corrected chi connectivity index (χ3v) is 6.67. The van der Waals surface area contributed by atoms with Crippen LogP contribution in [0.3, 0.4) is 0 Å². The minimum atomic E-state index is 0. The van der Waals surface area contributed by atoms with Crippen LogP contribution in [0.25, 0.3) is 0 Å². The van der Waals surface area contributed by atoms with Crippen molar-refractivity contribution in [1.82, 2.24) is 0 Å². The Morgan fingerprint density at radius 1 is 0.944 bits per heavy atom. The van der Waals surface area contributed by atoms with Crippen LogP contribution in [-0.2, 0) is 0 Å². The maximum absolute atomic E-state index is 2.58. The second-order valence-electron chi connectivity index (χ2n) is 8.86. The zero-order chi connectivity index (χ0) is 12.5. The molecule has 0 amide bonds. The highest BCUT2D eigenvalue weighted by Gasteiger charge is 2.65. The summed E-state index contributed by atoms with van der Waals surface area (Å²) in [5.41, 5.74) is 1.94. The summed E-state index contributed by atoms with van der Waals surface area (Å²) in [6.45, 7) is 8.84. The number of halogens is 1. The van der Waals surface area contributed by atoms with Gasteiger partial charge >= 0.3 is 0 Å². The van der Waals surface area contributed by atoms with Gasteiger partial charge in [-0.25, -0.2) is 0 Å². The highest BCUT2D eigenvalue weighted by molar-refractivity contribution is 5.11. The molecule has 4 bridgehead atoms. The van der Waals surface area contributed by atoms with Gasteiger partial charge in [0, 0.05) is 19.3 Å². The van der Waals surface area contributed by atoms with Gasteiger partial charge in [0.15, 0.2) is 0 Å². The van der Waals surface area contributed by atoms with Gasteiger partial charge in [0.25, 0.3) is 0 Å². The maximum Gasteiger partial charge on any atom is 0.100 e. The molecule has 0 aromatic heterocycles. The van der Waals surface area contributed by atoms with Crippen molar-refractivity contribution >= 4 is 0 Å². The first-order valence-electron chi connectivity index (χ1n) is 7.55. The van der Waals surface area contributed by atoms with Gasteiger partial charge < -0.3 is 28.5 Å². The lowest BCUT2D eigenvalue weighted by atomic mass is 9.42. The van der Waals surface area contributed by atoms with E-state index in [2.05, 4.69) is 34.9 Å². The maximum atomic E-state index is 2.58. The molecule has 4 fully saturated rings. The molecule has 0 aromatic rings. The fourth-order valence-electron chi connectivity index (χ4n) is 6.40. The molecule has 2 heteroatoms. The van der Waals surface area contributed by atoms with Crippen LogP contribution in [0.2, 0.25) is 0 Å². The van der Waals surface area contributed by atoms with E-state index in [0.29, 0.717) is 16.4 Å². The van der Waals surface area contributed by atoms with E-state index in [1.807, 2.05) is 0 Å². The molecule has 4 aliphatic carbocycles. The minimum absolute atomic E-state index is 0. The fraction of sp³-hybridized carbons (Fsp3) is 1.00. The predicted molar refractivity (Wildman–Crippen MR) is 72.8 cm³/mol. The first kappa shape index (κ1) is 15.1. The van der Waals surface area contributed by atoms with Gasteiger partial charge in [0.05, 0.1) is 20.6 Å². The van der Waals surface area contributed by atoms with Crippen molar-refractivity contribution in [2.45, 2.75) is 64.8 Å². The Morgan fingerprint density at radius 2 is 1.44 bits per heavy atom. The van der Waals surface area contributed by atoms with Crippen LogP contribution < -0.4 is 24.0 Å². The lowest BCUT2D eigenvalue weighted by molar-refractivity contribution is -0.947. The molecule has 2 unspecified atom stereocenters. The summed E-state index contributed by atoms with van der Waals surface area (Å²) >= 11 is 0. The van der Waals surface area contributed by atoms with E-state index in [9.17, 15) is 0 Å². The lowest BCUT2D eigenvalue weighted by Crippen LogP contribution is -3.00.